The van der Waals surface area contributed by atoms with Gasteiger partial charge in [-0.25, -0.2) is 0 Å². The lowest BCUT2D eigenvalue weighted by atomic mass is 10.0. The third-order valence-corrected chi connectivity index (χ3v) is 4.15. The lowest BCUT2D eigenvalue weighted by molar-refractivity contribution is 0.0947. The summed E-state index contributed by atoms with van der Waals surface area (Å²) in [5, 5.41) is 2.99. The number of methoxy groups -OCH3 is 2. The fourth-order valence-corrected chi connectivity index (χ4v) is 2.75. The van der Waals surface area contributed by atoms with Crippen LogP contribution in [0.3, 0.4) is 0 Å². The van der Waals surface area contributed by atoms with Crippen LogP contribution in [0, 0.1) is 0 Å². The van der Waals surface area contributed by atoms with Crippen LogP contribution in [0.1, 0.15) is 40.9 Å². The number of para-hydroxylation sites is 1. The molecule has 2 rings (SSSR count). The third-order valence-electron chi connectivity index (χ3n) is 4.15. The summed E-state index contributed by atoms with van der Waals surface area (Å²) in [7, 11) is 3.10. The fraction of sp³-hybridized carbons (Fsp3) is 0.350. The predicted molar refractivity (Wildman–Crippen MR) is 95.9 cm³/mol. The number of rotatable bonds is 7. The van der Waals surface area contributed by atoms with Gasteiger partial charge in [0.2, 0.25) is 0 Å². The van der Waals surface area contributed by atoms with Gasteiger partial charge >= 0.3 is 0 Å². The number of benzene rings is 2. The number of hydrogen-bond acceptors (Lipinski definition) is 3. The molecule has 0 atom stereocenters. The van der Waals surface area contributed by atoms with Crippen molar-refractivity contribution < 1.29 is 14.3 Å². The molecular formula is C20H25NO3. The van der Waals surface area contributed by atoms with Crippen molar-refractivity contribution in [1.29, 1.82) is 0 Å². The second-order valence-electron chi connectivity index (χ2n) is 5.53. The maximum absolute atomic E-state index is 12.6. The first-order chi connectivity index (χ1) is 11.6. The maximum atomic E-state index is 12.6. The van der Waals surface area contributed by atoms with Gasteiger partial charge in [0.1, 0.15) is 0 Å². The van der Waals surface area contributed by atoms with Gasteiger partial charge in [-0.3, -0.25) is 4.79 Å². The molecule has 2 aromatic carbocycles. The number of nitrogens with one attached hydrogen (secondary N) is 1. The lowest BCUT2D eigenvalue weighted by Gasteiger charge is -2.14. The number of aryl methyl sites for hydroxylation is 2. The zero-order chi connectivity index (χ0) is 17.5. The zero-order valence-corrected chi connectivity index (χ0v) is 14.8. The summed E-state index contributed by atoms with van der Waals surface area (Å²) in [6, 6.07) is 11.8. The standard InChI is InChI=1S/C20H25NO3/c1-5-14-10-11-15(6-2)16(12-14)13-21-20(22)17-8-7-9-18(23-3)19(17)24-4/h7-12H,5-6,13H2,1-4H3,(H,21,22). The van der Waals surface area contributed by atoms with E-state index in [9.17, 15) is 4.79 Å². The van der Waals surface area contributed by atoms with Gasteiger partial charge in [0.25, 0.3) is 5.91 Å². The van der Waals surface area contributed by atoms with E-state index in [4.69, 9.17) is 9.47 Å². The molecule has 4 nitrogen and oxygen atoms in total. The van der Waals surface area contributed by atoms with E-state index in [0.717, 1.165) is 18.4 Å². The largest absolute Gasteiger partial charge is 0.493 e. The third kappa shape index (κ3) is 3.88. The highest BCUT2D eigenvalue weighted by Crippen LogP contribution is 2.30. The molecule has 1 amide bonds. The summed E-state index contributed by atoms with van der Waals surface area (Å²) in [6.07, 6.45) is 1.92. The van der Waals surface area contributed by atoms with E-state index >= 15 is 0 Å². The molecule has 0 aliphatic heterocycles. The first-order valence-electron chi connectivity index (χ1n) is 8.24. The number of ether oxygens (including phenoxy) is 2. The molecule has 2 aromatic rings. The molecule has 0 aliphatic rings. The second-order valence-corrected chi connectivity index (χ2v) is 5.53. The van der Waals surface area contributed by atoms with Crippen molar-refractivity contribution in [2.75, 3.05) is 14.2 Å². The zero-order valence-electron chi connectivity index (χ0n) is 14.8. The molecule has 128 valence electrons. The molecule has 0 unspecified atom stereocenters. The monoisotopic (exact) mass is 327 g/mol. The molecule has 0 saturated carbocycles. The van der Waals surface area contributed by atoms with Crippen molar-refractivity contribution in [2.45, 2.75) is 33.2 Å². The molecular weight excluding hydrogens is 302 g/mol. The highest BCUT2D eigenvalue weighted by Gasteiger charge is 2.16. The number of carbonyl (C=O) groups is 1. The SMILES string of the molecule is CCc1ccc(CC)c(CNC(=O)c2cccc(OC)c2OC)c1. The highest BCUT2D eigenvalue weighted by atomic mass is 16.5. The van der Waals surface area contributed by atoms with Crippen LogP contribution >= 0.6 is 0 Å². The Labute approximate surface area is 143 Å². The minimum Gasteiger partial charge on any atom is -0.493 e. The fourth-order valence-electron chi connectivity index (χ4n) is 2.75. The Morgan fingerprint density at radius 2 is 1.79 bits per heavy atom. The smallest absolute Gasteiger partial charge is 0.255 e. The Morgan fingerprint density at radius 1 is 1.00 bits per heavy atom. The van der Waals surface area contributed by atoms with Crippen LogP contribution in [0.25, 0.3) is 0 Å². The summed E-state index contributed by atoms with van der Waals surface area (Å²) in [6.45, 7) is 4.75. The average Bonchev–Trinajstić information content (AvgIpc) is 2.64. The summed E-state index contributed by atoms with van der Waals surface area (Å²) in [4.78, 5) is 12.6. The molecule has 0 aliphatic carbocycles. The summed E-state index contributed by atoms with van der Waals surface area (Å²) in [5.74, 6) is 0.831. The van der Waals surface area contributed by atoms with Crippen LogP contribution in [0.5, 0.6) is 11.5 Å². The quantitative estimate of drug-likeness (QED) is 0.842. The van der Waals surface area contributed by atoms with Gasteiger partial charge in [-0.05, 0) is 41.7 Å². The second kappa shape index (κ2) is 8.39. The van der Waals surface area contributed by atoms with E-state index < -0.39 is 0 Å². The molecule has 4 heteroatoms. The van der Waals surface area contributed by atoms with Gasteiger partial charge in [0.15, 0.2) is 11.5 Å². The Kier molecular flexibility index (Phi) is 6.24. The van der Waals surface area contributed by atoms with E-state index in [1.165, 1.54) is 18.2 Å². The minimum absolute atomic E-state index is 0.172. The number of amides is 1. The molecule has 0 heterocycles. The van der Waals surface area contributed by atoms with Crippen LogP contribution in [0.4, 0.5) is 0 Å². The molecule has 0 radical (unpaired) electrons. The molecule has 0 bridgehead atoms. The number of hydrogen-bond donors (Lipinski definition) is 1. The van der Waals surface area contributed by atoms with E-state index in [1.807, 2.05) is 0 Å². The Bertz CT molecular complexity index is 710. The Balaban J connectivity index is 2.20. The van der Waals surface area contributed by atoms with Gasteiger partial charge in [0.05, 0.1) is 19.8 Å². The van der Waals surface area contributed by atoms with Crippen LogP contribution in [0.2, 0.25) is 0 Å². The predicted octanol–water partition coefficient (Wildman–Crippen LogP) is 3.76. The molecule has 24 heavy (non-hydrogen) atoms. The molecule has 0 aromatic heterocycles. The van der Waals surface area contributed by atoms with Crippen molar-refractivity contribution in [3.05, 3.63) is 58.7 Å². The first kappa shape index (κ1) is 17.9. The van der Waals surface area contributed by atoms with E-state index in [-0.39, 0.29) is 5.91 Å². The van der Waals surface area contributed by atoms with Crippen molar-refractivity contribution in [3.8, 4) is 11.5 Å². The summed E-state index contributed by atoms with van der Waals surface area (Å²) >= 11 is 0. The van der Waals surface area contributed by atoms with E-state index in [1.54, 1.807) is 25.3 Å². The van der Waals surface area contributed by atoms with Crippen LogP contribution < -0.4 is 14.8 Å². The van der Waals surface area contributed by atoms with Gasteiger partial charge < -0.3 is 14.8 Å². The topological polar surface area (TPSA) is 47.6 Å². The van der Waals surface area contributed by atoms with Crippen LogP contribution in [-0.4, -0.2) is 20.1 Å². The molecule has 0 saturated heterocycles. The normalized spacial score (nSPS) is 10.3. The van der Waals surface area contributed by atoms with Gasteiger partial charge in [-0.1, -0.05) is 38.1 Å². The van der Waals surface area contributed by atoms with Gasteiger partial charge in [-0.2, -0.15) is 0 Å². The van der Waals surface area contributed by atoms with Gasteiger partial charge in [0, 0.05) is 6.54 Å². The molecule has 0 fully saturated rings. The van der Waals surface area contributed by atoms with Crippen molar-refractivity contribution in [3.63, 3.8) is 0 Å². The Hall–Kier alpha value is -2.49. The summed E-state index contributed by atoms with van der Waals surface area (Å²) in [5.41, 5.74) is 4.16. The Morgan fingerprint density at radius 3 is 2.42 bits per heavy atom. The van der Waals surface area contributed by atoms with Crippen molar-refractivity contribution in [1.82, 2.24) is 5.32 Å². The van der Waals surface area contributed by atoms with Crippen molar-refractivity contribution >= 4 is 5.91 Å². The average molecular weight is 327 g/mol. The first-order valence-corrected chi connectivity index (χ1v) is 8.24. The van der Waals surface area contributed by atoms with Crippen molar-refractivity contribution in [2.24, 2.45) is 0 Å². The number of carbonyl (C=O) groups excluding carboxylic acids is 1. The van der Waals surface area contributed by atoms with E-state index in [0.29, 0.717) is 23.6 Å². The lowest BCUT2D eigenvalue weighted by Crippen LogP contribution is -2.24. The maximum Gasteiger partial charge on any atom is 0.255 e. The molecule has 0 spiro atoms. The molecule has 1 N–H and O–H groups in total. The summed E-state index contributed by atoms with van der Waals surface area (Å²) < 4.78 is 10.6. The minimum atomic E-state index is -0.172. The van der Waals surface area contributed by atoms with Gasteiger partial charge in [-0.15, -0.1) is 0 Å². The van der Waals surface area contributed by atoms with Crippen LogP contribution in [0.15, 0.2) is 36.4 Å². The van der Waals surface area contributed by atoms with Crippen LogP contribution in [-0.2, 0) is 19.4 Å². The highest BCUT2D eigenvalue weighted by molar-refractivity contribution is 5.97. The van der Waals surface area contributed by atoms with E-state index in [2.05, 4.69) is 37.4 Å².